The van der Waals surface area contributed by atoms with E-state index in [0.29, 0.717) is 71.2 Å². The third-order valence-electron chi connectivity index (χ3n) is 19.9. The van der Waals surface area contributed by atoms with Crippen molar-refractivity contribution in [3.8, 4) is 11.1 Å². The Bertz CT molecular complexity index is 3940. The van der Waals surface area contributed by atoms with E-state index in [4.69, 9.17) is 35.8 Å². The van der Waals surface area contributed by atoms with Crippen molar-refractivity contribution in [2.75, 3.05) is 41.8 Å². The van der Waals surface area contributed by atoms with E-state index >= 15 is 0 Å². The second-order valence-corrected chi connectivity index (χ2v) is 29.1. The number of fused-ring (bicyclic) bond motifs is 2. The maximum absolute atomic E-state index is 14.2. The molecule has 6 aromatic rings. The number of carbonyl (C=O) groups is 7. The van der Waals surface area contributed by atoms with E-state index in [9.17, 15) is 59.1 Å². The van der Waals surface area contributed by atoms with Crippen LogP contribution in [0.4, 0.5) is 21.4 Å². The van der Waals surface area contributed by atoms with Crippen molar-refractivity contribution in [3.63, 3.8) is 0 Å². The average molecular weight is 1340 g/mol. The number of aliphatic carboxylic acids is 1. The Morgan fingerprint density at radius 1 is 0.833 bits per heavy atom. The molecule has 0 radical (unpaired) electrons. The highest BCUT2D eigenvalue weighted by Gasteiger charge is 2.66. The van der Waals surface area contributed by atoms with E-state index in [1.807, 2.05) is 59.0 Å². The minimum absolute atomic E-state index is 0.0254. The summed E-state index contributed by atoms with van der Waals surface area (Å²) in [6, 6.07) is 19.9. The molecule has 12 rings (SSSR count). The molecular formula is C69H85N11O15S. The minimum atomic E-state index is -1.90. The molecule has 27 heteroatoms. The lowest BCUT2D eigenvalue weighted by Gasteiger charge is -2.69. The van der Waals surface area contributed by atoms with E-state index in [1.54, 1.807) is 50.4 Å². The van der Waals surface area contributed by atoms with Crippen LogP contribution in [0.25, 0.3) is 21.3 Å². The number of carboxylic acids is 2. The minimum Gasteiger partial charge on any atom is -0.479 e. The number of primary amides is 1. The summed E-state index contributed by atoms with van der Waals surface area (Å²) in [5.41, 5.74) is 16.7. The van der Waals surface area contributed by atoms with Gasteiger partial charge in [0.1, 0.15) is 36.8 Å². The lowest BCUT2D eigenvalue weighted by atomic mass is 9.39. The number of para-hydroxylation sites is 1. The maximum atomic E-state index is 14.2. The first kappa shape index (κ1) is 68.9. The van der Waals surface area contributed by atoms with Crippen molar-refractivity contribution in [1.29, 1.82) is 0 Å². The molecule has 5 unspecified atom stereocenters. The number of carboxylic acid groups (broad SMARTS) is 2. The number of aliphatic hydroxyl groups is 3. The van der Waals surface area contributed by atoms with Gasteiger partial charge >= 0.3 is 18.0 Å². The number of thiazole rings is 1. The summed E-state index contributed by atoms with van der Waals surface area (Å²) in [6.07, 6.45) is -2.09. The van der Waals surface area contributed by atoms with Gasteiger partial charge in [0.25, 0.3) is 5.91 Å². The summed E-state index contributed by atoms with van der Waals surface area (Å²) in [5, 5.41) is 66.1. The molecule has 0 spiro atoms. The maximum Gasteiger partial charge on any atom is 0.410 e. The molecule has 96 heavy (non-hydrogen) atoms. The van der Waals surface area contributed by atoms with Gasteiger partial charge in [-0.05, 0) is 159 Å². The number of pyridine rings is 1. The second-order valence-electron chi connectivity index (χ2n) is 28.1. The van der Waals surface area contributed by atoms with Crippen molar-refractivity contribution >= 4 is 79.9 Å². The molecule has 4 aliphatic carbocycles. The van der Waals surface area contributed by atoms with Crippen LogP contribution in [0.2, 0.25) is 0 Å². The Balaban J connectivity index is 0.764. The zero-order chi connectivity index (χ0) is 68.8. The fourth-order valence-corrected chi connectivity index (χ4v) is 17.1. The number of rotatable bonds is 25. The number of ether oxygens (including phenoxy) is 3. The van der Waals surface area contributed by atoms with E-state index in [2.05, 4.69) is 34.8 Å². The summed E-state index contributed by atoms with van der Waals surface area (Å²) in [5.74, 6) is -4.46. The Morgan fingerprint density at radius 3 is 2.29 bits per heavy atom. The first-order valence-electron chi connectivity index (χ1n) is 32.6. The molecule has 512 valence electrons. The number of aromatic nitrogens is 4. The van der Waals surface area contributed by atoms with Gasteiger partial charge < -0.3 is 71.6 Å². The Kier molecular flexibility index (Phi) is 19.8. The Morgan fingerprint density at radius 2 is 1.58 bits per heavy atom. The third kappa shape index (κ3) is 14.8. The van der Waals surface area contributed by atoms with Gasteiger partial charge in [0.05, 0.1) is 40.8 Å². The molecule has 26 nitrogen and oxygen atoms in total. The normalized spacial score (nSPS) is 25.6. The van der Waals surface area contributed by atoms with Gasteiger partial charge in [-0.2, -0.15) is 5.10 Å². The van der Waals surface area contributed by atoms with Crippen LogP contribution in [0, 0.1) is 29.1 Å². The summed E-state index contributed by atoms with van der Waals surface area (Å²) >= 11 is 1.40. The molecular weight excluding hydrogens is 1250 g/mol. The molecule has 4 bridgehead atoms. The molecule has 4 saturated carbocycles. The number of nitrogens with two attached hydrogens (primary N) is 2. The van der Waals surface area contributed by atoms with Crippen LogP contribution >= 0.6 is 11.3 Å². The fraction of sp³-hybridized carbons (Fsp3) is 0.507. The molecule has 12 N–H and O–H groups in total. The van der Waals surface area contributed by atoms with Gasteiger partial charge in [-0.3, -0.25) is 29.2 Å². The summed E-state index contributed by atoms with van der Waals surface area (Å²) in [4.78, 5) is 104. The number of amides is 5. The topological polar surface area (TPSA) is 387 Å². The quantitative estimate of drug-likeness (QED) is 0.0300. The third-order valence-corrected chi connectivity index (χ3v) is 20.8. The number of nitrogens with zero attached hydrogens (tertiary/aromatic N) is 6. The van der Waals surface area contributed by atoms with Crippen LogP contribution in [0.5, 0.6) is 0 Å². The highest BCUT2D eigenvalue weighted by atomic mass is 32.1. The van der Waals surface area contributed by atoms with Gasteiger partial charge in [0, 0.05) is 67.2 Å². The first-order valence-corrected chi connectivity index (χ1v) is 33.4. The number of carbonyl (C=O) groups excluding carboxylic acids is 5. The summed E-state index contributed by atoms with van der Waals surface area (Å²) in [7, 11) is 0. The number of aliphatic hydroxyl groups excluding tert-OH is 3. The van der Waals surface area contributed by atoms with E-state index in [-0.39, 0.29) is 85.0 Å². The van der Waals surface area contributed by atoms with Crippen LogP contribution in [-0.2, 0) is 65.9 Å². The van der Waals surface area contributed by atoms with Crippen LogP contribution in [0.3, 0.4) is 0 Å². The van der Waals surface area contributed by atoms with Crippen molar-refractivity contribution in [1.82, 2.24) is 30.0 Å². The van der Waals surface area contributed by atoms with Crippen molar-refractivity contribution < 1.29 is 73.3 Å². The monoisotopic (exact) mass is 1340 g/mol. The van der Waals surface area contributed by atoms with E-state index < -0.39 is 84.0 Å². The molecule has 3 aromatic carbocycles. The molecule has 3 aromatic heterocycles. The van der Waals surface area contributed by atoms with Gasteiger partial charge in [0.15, 0.2) is 16.9 Å². The summed E-state index contributed by atoms with van der Waals surface area (Å²) in [6.45, 7) is 12.8. The molecule has 9 atom stereocenters. The lowest BCUT2D eigenvalue weighted by Crippen LogP contribution is -2.64. The number of hydrogen-bond acceptors (Lipinski definition) is 19. The summed E-state index contributed by atoms with van der Waals surface area (Å²) < 4.78 is 21.5. The largest absolute Gasteiger partial charge is 0.479 e. The number of aromatic carboxylic acids is 1. The Hall–Kier alpha value is -8.44. The molecule has 5 fully saturated rings. The predicted molar refractivity (Wildman–Crippen MR) is 355 cm³/mol. The highest BCUT2D eigenvalue weighted by molar-refractivity contribution is 7.22. The standard InChI is InChI=1S/C69H85N11O15S/c1-37(2)53(71)61(87)73-38(3)59(85)74-43-16-14-42(41(26-43)15-18-49-55(82)56(83)57(84)58(95-49)63(90)91)29-93-65(92)78(23-21-51(70)81)24-25-94-69-33-66(5)30-67(6,34-69)32-68(31-66,35-69)36-80-39(4)46(27-72-80)44-17-19-52(76-54(44)62(88)89)79-22-20-40-10-9-11-45(47(40)28-79)60(86)77-64-75-48-12-7-8-13-50(48)96-64/h7-14,16-17,19,26-27,37-38,49,53,55-58,82-84H,15,18,20-25,28-36,71H2,1-6H3,(H2,70,81)(H,73,87)(H,74,85)(H,88,89)(H,90,91)(H,75,77,86)/t38?,49?,53?,55-,56+,57-,58-,66?,67?,68?,69?/m0/s1. The SMILES string of the molecule is Cc1c(-c2ccc(N3CCc4cccc(C(=O)Nc5nc6ccccc6s5)c4C3)nc2C(=O)O)cnn1CC12CC3(C)CC(C)(C1)CC(OCCN(CCC(N)=O)C(=O)OCc1ccc(NC(=O)C(C)NC(=O)C(N)C(C)C)cc1CCC1O[C@H](C(=O)O)[C@@H](O)[C@H](O)[C@H]1O)(C3)C2. The zero-order valence-corrected chi connectivity index (χ0v) is 55.5. The van der Waals surface area contributed by atoms with Gasteiger partial charge in [-0.15, -0.1) is 0 Å². The predicted octanol–water partition coefficient (Wildman–Crippen LogP) is 6.32. The van der Waals surface area contributed by atoms with Gasteiger partial charge in [-0.25, -0.2) is 24.4 Å². The van der Waals surface area contributed by atoms with Crippen LogP contribution in [0.15, 0.2) is 79.0 Å². The number of benzene rings is 3. The molecule has 2 aliphatic heterocycles. The van der Waals surface area contributed by atoms with Crippen molar-refractivity contribution in [2.45, 2.75) is 174 Å². The van der Waals surface area contributed by atoms with Gasteiger partial charge in [-0.1, -0.05) is 69.4 Å². The van der Waals surface area contributed by atoms with Crippen molar-refractivity contribution in [2.24, 2.45) is 33.6 Å². The Labute approximate surface area is 559 Å². The fourth-order valence-electron chi connectivity index (χ4n) is 16.3. The van der Waals surface area contributed by atoms with E-state index in [1.165, 1.54) is 23.2 Å². The first-order chi connectivity index (χ1) is 45.5. The molecule has 5 amide bonds. The second kappa shape index (κ2) is 27.6. The zero-order valence-electron chi connectivity index (χ0n) is 54.7. The highest BCUT2D eigenvalue weighted by Crippen LogP contribution is 2.72. The van der Waals surface area contributed by atoms with Crippen LogP contribution in [-0.4, -0.2) is 166 Å². The van der Waals surface area contributed by atoms with E-state index in [0.717, 1.165) is 59.1 Å². The number of aryl methyl sites for hydroxylation is 1. The van der Waals surface area contributed by atoms with Gasteiger partial charge in [0.2, 0.25) is 17.7 Å². The smallest absolute Gasteiger partial charge is 0.410 e. The number of hydrogen-bond donors (Lipinski definition) is 10. The lowest BCUT2D eigenvalue weighted by molar-refractivity contribution is -0.248. The number of anilines is 3. The van der Waals surface area contributed by atoms with Crippen molar-refractivity contribution in [3.05, 3.63) is 118 Å². The number of nitrogens with one attached hydrogen (secondary N) is 3. The molecule has 1 saturated heterocycles. The van der Waals surface area contributed by atoms with Crippen LogP contribution < -0.4 is 32.3 Å². The molecule has 6 aliphatic rings. The molecule has 5 heterocycles. The average Bonchev–Trinajstić information content (AvgIpc) is 0.828. The van der Waals surface area contributed by atoms with Crippen LogP contribution in [0.1, 0.15) is 135 Å².